The van der Waals surface area contributed by atoms with Crippen LogP contribution in [0.5, 0.6) is 0 Å². The lowest BCUT2D eigenvalue weighted by atomic mass is 9.96. The Bertz CT molecular complexity index is 823. The minimum atomic E-state index is -3.67. The number of nitrogens with one attached hydrogen (secondary N) is 2. The Balaban J connectivity index is 2.00. The molecular formula is C22H35N3O4S. The predicted octanol–water partition coefficient (Wildman–Crippen LogP) is 2.92. The first-order valence-electron chi connectivity index (χ1n) is 10.9. The third kappa shape index (κ3) is 7.09. The number of piperidine rings is 1. The zero-order valence-electron chi connectivity index (χ0n) is 18.3. The molecule has 1 aromatic carbocycles. The molecule has 1 fully saturated rings. The van der Waals surface area contributed by atoms with Gasteiger partial charge in [-0.15, -0.1) is 0 Å². The number of hydrogen-bond acceptors (Lipinski definition) is 4. The highest BCUT2D eigenvalue weighted by atomic mass is 32.2. The monoisotopic (exact) mass is 437 g/mol. The molecule has 1 saturated heterocycles. The maximum absolute atomic E-state index is 13.0. The first kappa shape index (κ1) is 24.3. The van der Waals surface area contributed by atoms with Crippen LogP contribution in [0.4, 0.5) is 0 Å². The fourth-order valence-corrected chi connectivity index (χ4v) is 4.94. The Morgan fingerprint density at radius 3 is 2.67 bits per heavy atom. The number of nitrogens with zero attached hydrogens (tertiary/aromatic N) is 1. The van der Waals surface area contributed by atoms with Gasteiger partial charge < -0.3 is 10.2 Å². The van der Waals surface area contributed by atoms with Gasteiger partial charge in [0.1, 0.15) is 0 Å². The van der Waals surface area contributed by atoms with Crippen molar-refractivity contribution in [2.75, 3.05) is 19.6 Å². The highest BCUT2D eigenvalue weighted by Gasteiger charge is 2.29. The van der Waals surface area contributed by atoms with E-state index in [1.807, 2.05) is 0 Å². The molecule has 0 aromatic heterocycles. The lowest BCUT2D eigenvalue weighted by Gasteiger charge is -2.32. The first-order chi connectivity index (χ1) is 14.2. The Morgan fingerprint density at radius 2 is 1.97 bits per heavy atom. The lowest BCUT2D eigenvalue weighted by Crippen LogP contribution is -2.45. The van der Waals surface area contributed by atoms with Crippen molar-refractivity contribution in [1.29, 1.82) is 0 Å². The van der Waals surface area contributed by atoms with E-state index in [0.717, 1.165) is 32.1 Å². The van der Waals surface area contributed by atoms with Crippen molar-refractivity contribution in [3.63, 3.8) is 0 Å². The molecule has 30 heavy (non-hydrogen) atoms. The SMILES string of the molecule is CCCCCCNC(=O)C1CCCN(C(=O)c2cccc(S(=O)(=O)NC(C)C)c2)C1. The van der Waals surface area contributed by atoms with Crippen LogP contribution in [0.25, 0.3) is 0 Å². The number of amides is 2. The molecule has 1 atom stereocenters. The number of benzene rings is 1. The number of sulfonamides is 1. The third-order valence-corrected chi connectivity index (χ3v) is 6.85. The normalized spacial score (nSPS) is 17.2. The van der Waals surface area contributed by atoms with E-state index in [9.17, 15) is 18.0 Å². The minimum absolute atomic E-state index is 0.00135. The number of rotatable bonds is 10. The minimum Gasteiger partial charge on any atom is -0.356 e. The van der Waals surface area contributed by atoms with Crippen LogP contribution in [0.2, 0.25) is 0 Å². The topological polar surface area (TPSA) is 95.6 Å². The Kier molecular flexibility index (Phi) is 9.30. The second-order valence-electron chi connectivity index (χ2n) is 8.25. The molecule has 1 aliphatic heterocycles. The molecule has 1 aliphatic rings. The van der Waals surface area contributed by atoms with E-state index >= 15 is 0 Å². The second kappa shape index (κ2) is 11.5. The van der Waals surface area contributed by atoms with Crippen LogP contribution >= 0.6 is 0 Å². The van der Waals surface area contributed by atoms with Crippen LogP contribution in [-0.2, 0) is 14.8 Å². The average Bonchev–Trinajstić information content (AvgIpc) is 2.72. The number of carbonyl (C=O) groups excluding carboxylic acids is 2. The molecule has 1 heterocycles. The summed E-state index contributed by atoms with van der Waals surface area (Å²) < 4.78 is 27.4. The summed E-state index contributed by atoms with van der Waals surface area (Å²) in [4.78, 5) is 27.2. The van der Waals surface area contributed by atoms with Gasteiger partial charge in [0.15, 0.2) is 0 Å². The van der Waals surface area contributed by atoms with Crippen molar-refractivity contribution < 1.29 is 18.0 Å². The summed E-state index contributed by atoms with van der Waals surface area (Å²) in [5.41, 5.74) is 0.322. The van der Waals surface area contributed by atoms with Gasteiger partial charge in [-0.3, -0.25) is 9.59 Å². The average molecular weight is 438 g/mol. The van der Waals surface area contributed by atoms with Crippen LogP contribution in [0.3, 0.4) is 0 Å². The maximum Gasteiger partial charge on any atom is 0.253 e. The van der Waals surface area contributed by atoms with Crippen molar-refractivity contribution in [3.8, 4) is 0 Å². The zero-order chi connectivity index (χ0) is 22.1. The van der Waals surface area contributed by atoms with E-state index in [2.05, 4.69) is 17.0 Å². The van der Waals surface area contributed by atoms with E-state index in [1.54, 1.807) is 30.9 Å². The second-order valence-corrected chi connectivity index (χ2v) is 9.96. The van der Waals surface area contributed by atoms with Gasteiger partial charge in [0, 0.05) is 31.2 Å². The van der Waals surface area contributed by atoms with Crippen LogP contribution < -0.4 is 10.0 Å². The Hall–Kier alpha value is -1.93. The molecule has 1 unspecified atom stereocenters. The molecule has 2 rings (SSSR count). The van der Waals surface area contributed by atoms with Gasteiger partial charge in [-0.25, -0.2) is 13.1 Å². The lowest BCUT2D eigenvalue weighted by molar-refractivity contribution is -0.126. The molecule has 2 N–H and O–H groups in total. The zero-order valence-corrected chi connectivity index (χ0v) is 19.1. The van der Waals surface area contributed by atoms with Gasteiger partial charge in [0.05, 0.1) is 10.8 Å². The van der Waals surface area contributed by atoms with Crippen LogP contribution in [0, 0.1) is 5.92 Å². The molecule has 0 aliphatic carbocycles. The summed E-state index contributed by atoms with van der Waals surface area (Å²) >= 11 is 0. The molecule has 1 aromatic rings. The number of likely N-dealkylation sites (tertiary alicyclic amines) is 1. The van der Waals surface area contributed by atoms with E-state index in [-0.39, 0.29) is 28.7 Å². The number of carbonyl (C=O) groups is 2. The highest BCUT2D eigenvalue weighted by molar-refractivity contribution is 7.89. The molecule has 168 valence electrons. The van der Waals surface area contributed by atoms with Gasteiger partial charge >= 0.3 is 0 Å². The molecule has 2 amide bonds. The van der Waals surface area contributed by atoms with E-state index in [0.29, 0.717) is 25.2 Å². The van der Waals surface area contributed by atoms with E-state index in [4.69, 9.17) is 0 Å². The van der Waals surface area contributed by atoms with Gasteiger partial charge in [-0.2, -0.15) is 0 Å². The van der Waals surface area contributed by atoms with Crippen LogP contribution in [0.15, 0.2) is 29.2 Å². The highest BCUT2D eigenvalue weighted by Crippen LogP contribution is 2.20. The smallest absolute Gasteiger partial charge is 0.253 e. The predicted molar refractivity (Wildman–Crippen MR) is 118 cm³/mol. The van der Waals surface area contributed by atoms with Crippen molar-refractivity contribution in [1.82, 2.24) is 14.9 Å². The largest absolute Gasteiger partial charge is 0.356 e. The van der Waals surface area contributed by atoms with Gasteiger partial charge in [0.2, 0.25) is 15.9 Å². The van der Waals surface area contributed by atoms with Crippen molar-refractivity contribution in [3.05, 3.63) is 29.8 Å². The van der Waals surface area contributed by atoms with Gasteiger partial charge in [-0.1, -0.05) is 32.3 Å². The molecule has 8 heteroatoms. The summed E-state index contributed by atoms with van der Waals surface area (Å²) in [6, 6.07) is 5.84. The number of hydrogen-bond donors (Lipinski definition) is 2. The number of unbranched alkanes of at least 4 members (excludes halogenated alkanes) is 3. The molecule has 0 bridgehead atoms. The molecule has 0 spiro atoms. The van der Waals surface area contributed by atoms with Crippen molar-refractivity contribution >= 4 is 21.8 Å². The van der Waals surface area contributed by atoms with Crippen LogP contribution in [0.1, 0.15) is 69.7 Å². The summed E-state index contributed by atoms with van der Waals surface area (Å²) in [5, 5.41) is 2.99. The summed E-state index contributed by atoms with van der Waals surface area (Å²) in [7, 11) is -3.67. The third-order valence-electron chi connectivity index (χ3n) is 5.19. The standard InChI is InChI=1S/C22H35N3O4S/c1-4-5-6-7-13-23-21(26)19-11-9-14-25(16-19)22(27)18-10-8-12-20(15-18)30(28,29)24-17(2)3/h8,10,12,15,17,19,24H,4-7,9,11,13-14,16H2,1-3H3,(H,23,26). The van der Waals surface area contributed by atoms with Crippen molar-refractivity contribution in [2.45, 2.75) is 70.2 Å². The Labute approximate surface area is 180 Å². The van der Waals surface area contributed by atoms with Crippen molar-refractivity contribution in [2.24, 2.45) is 5.92 Å². The molecule has 7 nitrogen and oxygen atoms in total. The van der Waals surface area contributed by atoms with E-state index in [1.165, 1.54) is 18.6 Å². The molecule has 0 saturated carbocycles. The Morgan fingerprint density at radius 1 is 1.20 bits per heavy atom. The quantitative estimate of drug-likeness (QED) is 0.550. The van der Waals surface area contributed by atoms with Gasteiger partial charge in [0.25, 0.3) is 5.91 Å². The molecule has 0 radical (unpaired) electrons. The first-order valence-corrected chi connectivity index (χ1v) is 12.4. The fourth-order valence-electron chi connectivity index (χ4n) is 3.64. The van der Waals surface area contributed by atoms with Gasteiger partial charge in [-0.05, 0) is 51.3 Å². The van der Waals surface area contributed by atoms with Crippen LogP contribution in [-0.4, -0.2) is 50.8 Å². The summed E-state index contributed by atoms with van der Waals surface area (Å²) in [6.45, 7) is 7.25. The molecular weight excluding hydrogens is 402 g/mol. The summed E-state index contributed by atoms with van der Waals surface area (Å²) in [6.07, 6.45) is 5.92. The fraction of sp³-hybridized carbons (Fsp3) is 0.636. The maximum atomic E-state index is 13.0. The summed E-state index contributed by atoms with van der Waals surface area (Å²) in [5.74, 6) is -0.457. The van der Waals surface area contributed by atoms with E-state index < -0.39 is 10.0 Å².